The maximum absolute atomic E-state index is 5.58. The van der Waals surface area contributed by atoms with Crippen LogP contribution < -0.4 is 5.32 Å². The van der Waals surface area contributed by atoms with Crippen LogP contribution in [0.2, 0.25) is 0 Å². The van der Waals surface area contributed by atoms with Gasteiger partial charge in [0, 0.05) is 10.9 Å². The lowest BCUT2D eigenvalue weighted by molar-refractivity contribution is 0.573. The summed E-state index contributed by atoms with van der Waals surface area (Å²) in [6.45, 7) is 4.72. The third-order valence-electron chi connectivity index (χ3n) is 4.26. The molecule has 0 unspecified atom stereocenters. The quantitative estimate of drug-likeness (QED) is 0.596. The Morgan fingerprint density at radius 3 is 2.64 bits per heavy atom. The third-order valence-corrected chi connectivity index (χ3v) is 4.26. The second-order valence-corrected chi connectivity index (χ2v) is 6.04. The molecule has 2 aromatic carbocycles. The molecule has 0 aliphatic heterocycles. The molecular weight excluding hydrogens is 312 g/mol. The smallest absolute Gasteiger partial charge is 0.226 e. The number of fused-ring (bicyclic) bond motifs is 1. The first-order valence-corrected chi connectivity index (χ1v) is 8.16. The highest BCUT2D eigenvalue weighted by atomic mass is 16.3. The van der Waals surface area contributed by atoms with E-state index in [1.54, 1.807) is 12.6 Å². The molecule has 0 fully saturated rings. The van der Waals surface area contributed by atoms with Crippen LogP contribution in [0.15, 0.2) is 59.5 Å². The van der Waals surface area contributed by atoms with Crippen LogP contribution >= 0.6 is 0 Å². The Kier molecular flexibility index (Phi) is 3.90. The Hall–Kier alpha value is -3.21. The van der Waals surface area contributed by atoms with Gasteiger partial charge in [-0.1, -0.05) is 18.2 Å². The van der Waals surface area contributed by atoms with E-state index < -0.39 is 0 Å². The lowest BCUT2D eigenvalue weighted by Gasteiger charge is -2.09. The van der Waals surface area contributed by atoms with Crippen LogP contribution in [0.25, 0.3) is 22.4 Å². The van der Waals surface area contributed by atoms with Crippen LogP contribution in [0.1, 0.15) is 16.8 Å². The number of aromatic nitrogens is 3. The van der Waals surface area contributed by atoms with Crippen molar-refractivity contribution in [1.29, 1.82) is 0 Å². The van der Waals surface area contributed by atoms with E-state index in [1.165, 1.54) is 11.1 Å². The fourth-order valence-electron chi connectivity index (χ4n) is 2.73. The number of rotatable bonds is 4. The lowest BCUT2D eigenvalue weighted by Crippen LogP contribution is -2.03. The summed E-state index contributed by atoms with van der Waals surface area (Å²) in [4.78, 5) is 13.3. The van der Waals surface area contributed by atoms with Crippen molar-refractivity contribution in [2.45, 2.75) is 20.4 Å². The largest absolute Gasteiger partial charge is 0.444 e. The van der Waals surface area contributed by atoms with E-state index in [2.05, 4.69) is 46.2 Å². The van der Waals surface area contributed by atoms with E-state index in [0.717, 1.165) is 28.0 Å². The van der Waals surface area contributed by atoms with Crippen molar-refractivity contribution in [2.75, 3.05) is 5.32 Å². The zero-order chi connectivity index (χ0) is 17.2. The Morgan fingerprint density at radius 2 is 1.80 bits per heavy atom. The van der Waals surface area contributed by atoms with Gasteiger partial charge in [0.2, 0.25) is 5.89 Å². The van der Waals surface area contributed by atoms with E-state index >= 15 is 0 Å². The van der Waals surface area contributed by atoms with Gasteiger partial charge in [-0.2, -0.15) is 0 Å². The highest BCUT2D eigenvalue weighted by Gasteiger charge is 2.09. The van der Waals surface area contributed by atoms with Crippen molar-refractivity contribution in [1.82, 2.24) is 15.0 Å². The molecule has 0 spiro atoms. The van der Waals surface area contributed by atoms with E-state index in [0.29, 0.717) is 12.4 Å². The highest BCUT2D eigenvalue weighted by molar-refractivity contribution is 5.89. The summed E-state index contributed by atoms with van der Waals surface area (Å²) in [7, 11) is 0. The Balaban J connectivity index is 1.57. The molecule has 0 aliphatic rings. The second kappa shape index (κ2) is 6.36. The minimum atomic E-state index is 0.537. The zero-order valence-electron chi connectivity index (χ0n) is 14.2. The van der Waals surface area contributed by atoms with E-state index in [9.17, 15) is 0 Å². The summed E-state index contributed by atoms with van der Waals surface area (Å²) < 4.78 is 5.58. The maximum atomic E-state index is 5.58. The molecule has 0 amide bonds. The van der Waals surface area contributed by atoms with E-state index in [4.69, 9.17) is 4.42 Å². The van der Waals surface area contributed by atoms with Crippen molar-refractivity contribution in [3.63, 3.8) is 0 Å². The topological polar surface area (TPSA) is 63.8 Å². The molecule has 0 saturated carbocycles. The van der Waals surface area contributed by atoms with Crippen molar-refractivity contribution in [3.05, 3.63) is 71.9 Å². The summed E-state index contributed by atoms with van der Waals surface area (Å²) in [5.74, 6) is 1.42. The minimum Gasteiger partial charge on any atom is -0.444 e. The Morgan fingerprint density at radius 1 is 1.00 bits per heavy atom. The van der Waals surface area contributed by atoms with Gasteiger partial charge in [-0.25, -0.2) is 15.0 Å². The molecule has 0 aliphatic carbocycles. The Bertz CT molecular complexity index is 1020. The summed E-state index contributed by atoms with van der Waals surface area (Å²) in [6, 6.07) is 14.1. The molecule has 0 saturated heterocycles. The van der Waals surface area contributed by atoms with Crippen LogP contribution in [0.5, 0.6) is 0 Å². The SMILES string of the molecule is Cc1cc2ncnc(NCc3coc(-c4ccccc4)n3)c2cc1C. The fourth-order valence-corrected chi connectivity index (χ4v) is 2.73. The molecule has 2 aromatic heterocycles. The minimum absolute atomic E-state index is 0.537. The lowest BCUT2D eigenvalue weighted by atomic mass is 10.1. The van der Waals surface area contributed by atoms with Crippen LogP contribution in [0.3, 0.4) is 0 Å². The van der Waals surface area contributed by atoms with Gasteiger partial charge in [0.1, 0.15) is 18.4 Å². The molecule has 5 heteroatoms. The Labute approximate surface area is 145 Å². The molecule has 0 radical (unpaired) electrons. The number of nitrogens with zero attached hydrogens (tertiary/aromatic N) is 3. The van der Waals surface area contributed by atoms with Gasteiger partial charge >= 0.3 is 0 Å². The standard InChI is InChI=1S/C20H18N4O/c1-13-8-17-18(9-14(13)2)22-12-23-19(17)21-10-16-11-25-20(24-16)15-6-4-3-5-7-15/h3-9,11-12H,10H2,1-2H3,(H,21,22,23). The van der Waals surface area contributed by atoms with Crippen LogP contribution in [0, 0.1) is 13.8 Å². The van der Waals surface area contributed by atoms with E-state index in [-0.39, 0.29) is 0 Å². The second-order valence-electron chi connectivity index (χ2n) is 6.04. The summed E-state index contributed by atoms with van der Waals surface area (Å²) in [5, 5.41) is 4.35. The first kappa shape index (κ1) is 15.3. The number of benzene rings is 2. The van der Waals surface area contributed by atoms with Gasteiger partial charge in [0.25, 0.3) is 0 Å². The van der Waals surface area contributed by atoms with Crippen LogP contribution in [-0.4, -0.2) is 15.0 Å². The monoisotopic (exact) mass is 330 g/mol. The van der Waals surface area contributed by atoms with Gasteiger partial charge in [-0.3, -0.25) is 0 Å². The fraction of sp³-hybridized carbons (Fsp3) is 0.150. The molecule has 0 atom stereocenters. The number of nitrogens with one attached hydrogen (secondary N) is 1. The molecule has 25 heavy (non-hydrogen) atoms. The number of oxazole rings is 1. The molecule has 124 valence electrons. The average Bonchev–Trinajstić information content (AvgIpc) is 3.11. The summed E-state index contributed by atoms with van der Waals surface area (Å²) in [5.41, 5.74) is 5.17. The van der Waals surface area contributed by atoms with Crippen LogP contribution in [-0.2, 0) is 6.54 Å². The number of aryl methyl sites for hydroxylation is 2. The summed E-state index contributed by atoms with van der Waals surface area (Å²) in [6.07, 6.45) is 3.26. The molecular formula is C20H18N4O. The average molecular weight is 330 g/mol. The van der Waals surface area contributed by atoms with Crippen LogP contribution in [0.4, 0.5) is 5.82 Å². The zero-order valence-corrected chi connectivity index (χ0v) is 14.2. The normalized spacial score (nSPS) is 11.0. The molecule has 4 rings (SSSR count). The molecule has 1 N–H and O–H groups in total. The molecule has 2 heterocycles. The van der Waals surface area contributed by atoms with Crippen molar-refractivity contribution >= 4 is 16.7 Å². The maximum Gasteiger partial charge on any atom is 0.226 e. The van der Waals surface area contributed by atoms with Gasteiger partial charge in [-0.15, -0.1) is 0 Å². The number of hydrogen-bond acceptors (Lipinski definition) is 5. The third kappa shape index (κ3) is 3.08. The van der Waals surface area contributed by atoms with Gasteiger partial charge in [0.05, 0.1) is 17.8 Å². The number of anilines is 1. The van der Waals surface area contributed by atoms with Crippen molar-refractivity contribution in [3.8, 4) is 11.5 Å². The first-order chi connectivity index (χ1) is 12.2. The van der Waals surface area contributed by atoms with E-state index in [1.807, 2.05) is 30.3 Å². The predicted octanol–water partition coefficient (Wildman–Crippen LogP) is 4.51. The molecule has 0 bridgehead atoms. The van der Waals surface area contributed by atoms with Crippen molar-refractivity contribution < 1.29 is 4.42 Å². The highest BCUT2D eigenvalue weighted by Crippen LogP contribution is 2.24. The van der Waals surface area contributed by atoms with Crippen molar-refractivity contribution in [2.24, 2.45) is 0 Å². The molecule has 5 nitrogen and oxygen atoms in total. The van der Waals surface area contributed by atoms with Gasteiger partial charge < -0.3 is 9.73 Å². The molecule has 4 aromatic rings. The van der Waals surface area contributed by atoms with Gasteiger partial charge in [-0.05, 0) is 49.2 Å². The first-order valence-electron chi connectivity index (χ1n) is 8.16. The number of hydrogen-bond donors (Lipinski definition) is 1. The predicted molar refractivity (Wildman–Crippen MR) is 98.3 cm³/mol. The summed E-state index contributed by atoms with van der Waals surface area (Å²) >= 11 is 0. The van der Waals surface area contributed by atoms with Gasteiger partial charge in [0.15, 0.2) is 0 Å².